The van der Waals surface area contributed by atoms with Crippen LogP contribution in [-0.2, 0) is 4.79 Å². The standard InChI is InChI=1S/C6H10NO/c1-4(8)6(7)5-2-3-5/h5-7H,2-3H2,1H3. The topological polar surface area (TPSA) is 40.9 Å². The quantitative estimate of drug-likeness (QED) is 0.516. The van der Waals surface area contributed by atoms with Crippen molar-refractivity contribution in [3.8, 4) is 0 Å². The molecule has 1 atom stereocenters. The van der Waals surface area contributed by atoms with Crippen LogP contribution in [0.1, 0.15) is 19.8 Å². The Morgan fingerprint density at radius 3 is 2.38 bits per heavy atom. The molecular formula is C6H10NO. The number of carbonyl (C=O) groups is 1. The van der Waals surface area contributed by atoms with Gasteiger partial charge in [-0.2, -0.15) is 0 Å². The van der Waals surface area contributed by atoms with Crippen LogP contribution < -0.4 is 5.73 Å². The molecule has 1 fully saturated rings. The van der Waals surface area contributed by atoms with Crippen molar-refractivity contribution in [2.75, 3.05) is 0 Å². The highest BCUT2D eigenvalue weighted by Gasteiger charge is 2.31. The predicted molar refractivity (Wildman–Crippen MR) is 30.3 cm³/mol. The molecule has 0 aliphatic heterocycles. The Kier molecular flexibility index (Phi) is 1.34. The van der Waals surface area contributed by atoms with E-state index in [1.54, 1.807) is 0 Å². The summed E-state index contributed by atoms with van der Waals surface area (Å²) in [7, 11) is 0. The predicted octanol–water partition coefficient (Wildman–Crippen LogP) is 0.637. The van der Waals surface area contributed by atoms with Gasteiger partial charge in [-0.1, -0.05) is 0 Å². The maximum atomic E-state index is 10.4. The molecule has 0 spiro atoms. The second-order valence-corrected chi connectivity index (χ2v) is 2.43. The molecule has 2 nitrogen and oxygen atoms in total. The fourth-order valence-corrected chi connectivity index (χ4v) is 0.761. The van der Waals surface area contributed by atoms with Crippen molar-refractivity contribution >= 4 is 5.78 Å². The Morgan fingerprint density at radius 2 is 2.25 bits per heavy atom. The van der Waals surface area contributed by atoms with E-state index in [2.05, 4.69) is 0 Å². The van der Waals surface area contributed by atoms with E-state index < -0.39 is 6.04 Å². The smallest absolute Gasteiger partial charge is 0.148 e. The van der Waals surface area contributed by atoms with Gasteiger partial charge in [-0.15, -0.1) is 0 Å². The molecule has 1 N–H and O–H groups in total. The fraction of sp³-hybridized carbons (Fsp3) is 0.833. The lowest BCUT2D eigenvalue weighted by atomic mass is 10.1. The number of rotatable bonds is 2. The van der Waals surface area contributed by atoms with Gasteiger partial charge in [0, 0.05) is 0 Å². The maximum absolute atomic E-state index is 10.4. The summed E-state index contributed by atoms with van der Waals surface area (Å²) in [4.78, 5) is 10.4. The SMILES string of the molecule is CC(=O)C([NH])C1CC1. The van der Waals surface area contributed by atoms with Crippen molar-refractivity contribution in [3.63, 3.8) is 0 Å². The summed E-state index contributed by atoms with van der Waals surface area (Å²) in [6, 6.07) is -0.407. The molecule has 0 aromatic heterocycles. The van der Waals surface area contributed by atoms with Crippen molar-refractivity contribution in [1.82, 2.24) is 5.73 Å². The number of hydrogen-bond donors (Lipinski definition) is 0. The van der Waals surface area contributed by atoms with Crippen LogP contribution in [-0.4, -0.2) is 11.8 Å². The van der Waals surface area contributed by atoms with Crippen LogP contribution >= 0.6 is 0 Å². The minimum Gasteiger partial charge on any atom is -0.298 e. The highest BCUT2D eigenvalue weighted by Crippen LogP contribution is 2.32. The zero-order chi connectivity index (χ0) is 6.15. The normalized spacial score (nSPS) is 22.8. The van der Waals surface area contributed by atoms with E-state index >= 15 is 0 Å². The van der Waals surface area contributed by atoms with Crippen molar-refractivity contribution in [3.05, 3.63) is 0 Å². The first-order valence-electron chi connectivity index (χ1n) is 2.93. The van der Waals surface area contributed by atoms with E-state index in [0.717, 1.165) is 12.8 Å². The zero-order valence-electron chi connectivity index (χ0n) is 4.98. The monoisotopic (exact) mass is 112 g/mol. The van der Waals surface area contributed by atoms with Crippen molar-refractivity contribution in [2.24, 2.45) is 5.92 Å². The molecule has 0 heterocycles. The van der Waals surface area contributed by atoms with Crippen LogP contribution in [0.25, 0.3) is 0 Å². The number of ketones is 1. The van der Waals surface area contributed by atoms with Crippen LogP contribution in [0.4, 0.5) is 0 Å². The highest BCUT2D eigenvalue weighted by atomic mass is 16.1. The van der Waals surface area contributed by atoms with E-state index in [4.69, 9.17) is 5.73 Å². The summed E-state index contributed by atoms with van der Waals surface area (Å²) in [5, 5.41) is 0. The number of hydrogen-bond acceptors (Lipinski definition) is 1. The van der Waals surface area contributed by atoms with Crippen LogP contribution in [0, 0.1) is 5.92 Å². The first-order valence-corrected chi connectivity index (χ1v) is 2.93. The summed E-state index contributed by atoms with van der Waals surface area (Å²) in [6.45, 7) is 1.50. The molecule has 1 aliphatic carbocycles. The Balaban J connectivity index is 2.32. The number of carbonyl (C=O) groups excluding carboxylic acids is 1. The molecule has 0 amide bonds. The van der Waals surface area contributed by atoms with Gasteiger partial charge in [-0.25, -0.2) is 5.73 Å². The second-order valence-electron chi connectivity index (χ2n) is 2.43. The lowest BCUT2D eigenvalue weighted by molar-refractivity contribution is -0.118. The van der Waals surface area contributed by atoms with E-state index in [1.807, 2.05) is 0 Å². The van der Waals surface area contributed by atoms with E-state index in [9.17, 15) is 4.79 Å². The summed E-state index contributed by atoms with van der Waals surface area (Å²) in [5.41, 5.74) is 7.19. The van der Waals surface area contributed by atoms with Gasteiger partial charge in [-0.3, -0.25) is 4.79 Å². The lowest BCUT2D eigenvalue weighted by Gasteiger charge is -2.00. The zero-order valence-corrected chi connectivity index (χ0v) is 4.98. The van der Waals surface area contributed by atoms with Crippen LogP contribution in [0.3, 0.4) is 0 Å². The Labute approximate surface area is 49.1 Å². The Morgan fingerprint density at radius 1 is 1.75 bits per heavy atom. The molecule has 1 saturated carbocycles. The molecule has 0 aromatic rings. The van der Waals surface area contributed by atoms with E-state index in [1.165, 1.54) is 6.92 Å². The third-order valence-electron chi connectivity index (χ3n) is 1.53. The lowest BCUT2D eigenvalue weighted by Crippen LogP contribution is -2.20. The minimum absolute atomic E-state index is 0.0208. The molecule has 45 valence electrons. The van der Waals surface area contributed by atoms with Crippen LogP contribution in [0.5, 0.6) is 0 Å². The van der Waals surface area contributed by atoms with Gasteiger partial charge in [0.05, 0.1) is 6.04 Å². The molecule has 2 heteroatoms. The van der Waals surface area contributed by atoms with Crippen molar-refractivity contribution < 1.29 is 4.79 Å². The number of nitrogens with one attached hydrogen (secondary N) is 1. The van der Waals surface area contributed by atoms with Gasteiger partial charge in [-0.05, 0) is 25.7 Å². The highest BCUT2D eigenvalue weighted by molar-refractivity contribution is 5.81. The Bertz CT molecular complexity index is 107. The van der Waals surface area contributed by atoms with Gasteiger partial charge < -0.3 is 0 Å². The molecule has 1 unspecified atom stereocenters. The number of Topliss-reactive ketones (excluding diaryl/α,β-unsaturated/α-hetero) is 1. The summed E-state index contributed by atoms with van der Waals surface area (Å²) in [5.74, 6) is 0.431. The first kappa shape index (κ1) is 5.76. The van der Waals surface area contributed by atoms with Gasteiger partial charge in [0.15, 0.2) is 0 Å². The average molecular weight is 112 g/mol. The largest absolute Gasteiger partial charge is 0.298 e. The van der Waals surface area contributed by atoms with Crippen molar-refractivity contribution in [1.29, 1.82) is 0 Å². The van der Waals surface area contributed by atoms with Crippen molar-refractivity contribution in [2.45, 2.75) is 25.8 Å². The molecule has 8 heavy (non-hydrogen) atoms. The van der Waals surface area contributed by atoms with Gasteiger partial charge in [0.1, 0.15) is 5.78 Å². The Hall–Kier alpha value is -0.370. The fourth-order valence-electron chi connectivity index (χ4n) is 0.761. The van der Waals surface area contributed by atoms with Gasteiger partial charge in [0.25, 0.3) is 0 Å². The third-order valence-corrected chi connectivity index (χ3v) is 1.53. The van der Waals surface area contributed by atoms with Crippen LogP contribution in [0.15, 0.2) is 0 Å². The minimum atomic E-state index is -0.407. The molecule has 1 rings (SSSR count). The van der Waals surface area contributed by atoms with Gasteiger partial charge >= 0.3 is 0 Å². The molecule has 0 aromatic carbocycles. The summed E-state index contributed by atoms with van der Waals surface area (Å²) < 4.78 is 0. The molecule has 0 bridgehead atoms. The van der Waals surface area contributed by atoms with E-state index in [0.29, 0.717) is 5.92 Å². The molecule has 1 radical (unpaired) electrons. The van der Waals surface area contributed by atoms with Crippen LogP contribution in [0.2, 0.25) is 0 Å². The molecular weight excluding hydrogens is 102 g/mol. The van der Waals surface area contributed by atoms with Gasteiger partial charge in [0.2, 0.25) is 0 Å². The maximum Gasteiger partial charge on any atom is 0.148 e. The summed E-state index contributed by atoms with van der Waals surface area (Å²) in [6.07, 6.45) is 2.18. The second kappa shape index (κ2) is 1.86. The average Bonchev–Trinajstić information content (AvgIpc) is 2.43. The van der Waals surface area contributed by atoms with E-state index in [-0.39, 0.29) is 5.78 Å². The first-order chi connectivity index (χ1) is 3.72. The summed E-state index contributed by atoms with van der Waals surface area (Å²) >= 11 is 0. The third kappa shape index (κ3) is 1.07. The molecule has 1 aliphatic rings. The molecule has 0 saturated heterocycles.